The fourth-order valence-electron chi connectivity index (χ4n) is 3.01. The second kappa shape index (κ2) is 5.48. The largest absolute Gasteiger partial charge is 0.481 e. The Morgan fingerprint density at radius 1 is 1.32 bits per heavy atom. The predicted molar refractivity (Wildman–Crippen MR) is 81.3 cm³/mol. The van der Waals surface area contributed by atoms with Gasteiger partial charge in [-0.2, -0.15) is 0 Å². The first-order valence-electron chi connectivity index (χ1n) is 7.49. The van der Waals surface area contributed by atoms with Crippen molar-refractivity contribution in [3.8, 4) is 0 Å². The number of aryl methyl sites for hydroxylation is 1. The highest BCUT2D eigenvalue weighted by molar-refractivity contribution is 5.86. The minimum Gasteiger partial charge on any atom is -0.481 e. The van der Waals surface area contributed by atoms with Gasteiger partial charge in [-0.3, -0.25) is 9.59 Å². The molecular weight excluding hydrogens is 282 g/mol. The van der Waals surface area contributed by atoms with Crippen LogP contribution in [-0.4, -0.2) is 17.0 Å². The molecule has 0 spiro atoms. The van der Waals surface area contributed by atoms with Crippen molar-refractivity contribution in [3.63, 3.8) is 0 Å². The van der Waals surface area contributed by atoms with Crippen molar-refractivity contribution < 1.29 is 19.1 Å². The van der Waals surface area contributed by atoms with E-state index < -0.39 is 11.4 Å². The van der Waals surface area contributed by atoms with E-state index in [1.54, 1.807) is 0 Å². The van der Waals surface area contributed by atoms with Crippen LogP contribution in [0.3, 0.4) is 0 Å². The molecule has 2 aromatic rings. The molecule has 1 aliphatic carbocycles. The van der Waals surface area contributed by atoms with E-state index in [2.05, 4.69) is 5.32 Å². The predicted octanol–water partition coefficient (Wildman–Crippen LogP) is 3.00. The molecule has 1 heterocycles. The molecule has 1 aliphatic rings. The molecule has 2 N–H and O–H groups in total. The van der Waals surface area contributed by atoms with E-state index in [0.717, 1.165) is 23.0 Å². The van der Waals surface area contributed by atoms with Crippen LogP contribution < -0.4 is 5.32 Å². The van der Waals surface area contributed by atoms with E-state index in [-0.39, 0.29) is 18.9 Å². The Morgan fingerprint density at radius 3 is 2.64 bits per heavy atom. The normalized spacial score (nSPS) is 16.2. The summed E-state index contributed by atoms with van der Waals surface area (Å²) in [6.45, 7) is 2.24. The van der Waals surface area contributed by atoms with E-state index in [1.165, 1.54) is 0 Å². The zero-order valence-electron chi connectivity index (χ0n) is 12.5. The van der Waals surface area contributed by atoms with Gasteiger partial charge >= 0.3 is 5.97 Å². The molecule has 116 valence electrons. The van der Waals surface area contributed by atoms with Crippen LogP contribution in [0.15, 0.2) is 28.7 Å². The Hall–Kier alpha value is -2.30. The molecule has 5 heteroatoms. The van der Waals surface area contributed by atoms with Crippen LogP contribution in [0.25, 0.3) is 11.0 Å². The summed E-state index contributed by atoms with van der Waals surface area (Å²) in [5, 5.41) is 13.1. The minimum atomic E-state index is -0.867. The van der Waals surface area contributed by atoms with Crippen molar-refractivity contribution in [2.45, 2.75) is 39.2 Å². The lowest BCUT2D eigenvalue weighted by molar-refractivity contribution is -0.157. The monoisotopic (exact) mass is 301 g/mol. The van der Waals surface area contributed by atoms with Crippen LogP contribution in [-0.2, 0) is 16.1 Å². The van der Waals surface area contributed by atoms with Gasteiger partial charge in [0.05, 0.1) is 12.0 Å². The second-order valence-corrected chi connectivity index (χ2v) is 6.04. The number of carboxylic acid groups (broad SMARTS) is 1. The minimum absolute atomic E-state index is 0.0433. The number of carbonyl (C=O) groups is 2. The quantitative estimate of drug-likeness (QED) is 0.889. The SMILES string of the molecule is Cc1c(CNC(=O)CC2(C(=O)O)CCC2)oc2ccccc12. The van der Waals surface area contributed by atoms with Gasteiger partial charge in [0.1, 0.15) is 11.3 Å². The number of rotatable bonds is 5. The molecule has 1 saturated carbocycles. The average molecular weight is 301 g/mol. The van der Waals surface area contributed by atoms with Crippen LogP contribution in [0.1, 0.15) is 37.0 Å². The molecule has 1 amide bonds. The van der Waals surface area contributed by atoms with E-state index in [1.807, 2.05) is 31.2 Å². The molecule has 0 saturated heterocycles. The molecule has 0 unspecified atom stereocenters. The van der Waals surface area contributed by atoms with Crippen molar-refractivity contribution in [2.24, 2.45) is 5.41 Å². The number of carbonyl (C=O) groups excluding carboxylic acids is 1. The van der Waals surface area contributed by atoms with Crippen molar-refractivity contribution in [3.05, 3.63) is 35.6 Å². The Kier molecular flexibility index (Phi) is 3.64. The average Bonchev–Trinajstić information content (AvgIpc) is 2.77. The first kappa shape index (κ1) is 14.6. The highest BCUT2D eigenvalue weighted by atomic mass is 16.4. The van der Waals surface area contributed by atoms with E-state index in [4.69, 9.17) is 4.42 Å². The maximum atomic E-state index is 12.0. The second-order valence-electron chi connectivity index (χ2n) is 6.04. The number of para-hydroxylation sites is 1. The summed E-state index contributed by atoms with van der Waals surface area (Å²) in [6, 6.07) is 7.72. The molecule has 3 rings (SSSR count). The van der Waals surface area contributed by atoms with Crippen molar-refractivity contribution >= 4 is 22.8 Å². The highest BCUT2D eigenvalue weighted by Gasteiger charge is 2.45. The van der Waals surface area contributed by atoms with Gasteiger partial charge in [-0.25, -0.2) is 0 Å². The highest BCUT2D eigenvalue weighted by Crippen LogP contribution is 2.44. The maximum Gasteiger partial charge on any atom is 0.310 e. The van der Waals surface area contributed by atoms with Gasteiger partial charge in [-0.15, -0.1) is 0 Å². The van der Waals surface area contributed by atoms with Gasteiger partial charge in [0.2, 0.25) is 5.91 Å². The molecular formula is C17H19NO4. The topological polar surface area (TPSA) is 79.5 Å². The molecule has 1 aromatic heterocycles. The number of benzene rings is 1. The summed E-state index contributed by atoms with van der Waals surface area (Å²) < 4.78 is 5.74. The standard InChI is InChI=1S/C17H19NO4/c1-11-12-5-2-3-6-13(12)22-14(11)10-18-15(19)9-17(16(20)21)7-4-8-17/h2-3,5-6H,4,7-10H2,1H3,(H,18,19)(H,20,21). The number of hydrogen-bond acceptors (Lipinski definition) is 3. The smallest absolute Gasteiger partial charge is 0.310 e. The molecule has 0 atom stereocenters. The third-order valence-corrected chi connectivity index (χ3v) is 4.65. The Bertz CT molecular complexity index is 727. The Balaban J connectivity index is 1.65. The van der Waals surface area contributed by atoms with Gasteiger partial charge in [0, 0.05) is 17.4 Å². The summed E-state index contributed by atoms with van der Waals surface area (Å²) >= 11 is 0. The fourth-order valence-corrected chi connectivity index (χ4v) is 3.01. The van der Waals surface area contributed by atoms with Crippen LogP contribution >= 0.6 is 0 Å². The van der Waals surface area contributed by atoms with E-state index in [0.29, 0.717) is 18.6 Å². The van der Waals surface area contributed by atoms with Crippen LogP contribution in [0.2, 0.25) is 0 Å². The third-order valence-electron chi connectivity index (χ3n) is 4.65. The summed E-state index contributed by atoms with van der Waals surface area (Å²) in [4.78, 5) is 23.3. The number of fused-ring (bicyclic) bond motifs is 1. The number of nitrogens with one attached hydrogen (secondary N) is 1. The maximum absolute atomic E-state index is 12.0. The number of amides is 1. The number of aliphatic carboxylic acids is 1. The zero-order valence-corrected chi connectivity index (χ0v) is 12.5. The van der Waals surface area contributed by atoms with E-state index >= 15 is 0 Å². The molecule has 0 radical (unpaired) electrons. The number of carboxylic acids is 1. The fraction of sp³-hybridized carbons (Fsp3) is 0.412. The van der Waals surface area contributed by atoms with Crippen LogP contribution in [0, 0.1) is 12.3 Å². The lowest BCUT2D eigenvalue weighted by atomic mass is 9.66. The van der Waals surface area contributed by atoms with E-state index in [9.17, 15) is 14.7 Å². The summed E-state index contributed by atoms with van der Waals surface area (Å²) in [5.41, 5.74) is 0.949. The molecule has 1 aromatic carbocycles. The molecule has 5 nitrogen and oxygen atoms in total. The first-order chi connectivity index (χ1) is 10.5. The first-order valence-corrected chi connectivity index (χ1v) is 7.49. The third kappa shape index (κ3) is 2.47. The lowest BCUT2D eigenvalue weighted by Crippen LogP contribution is -2.42. The number of hydrogen-bond donors (Lipinski definition) is 2. The summed E-state index contributed by atoms with van der Waals surface area (Å²) in [5.74, 6) is -0.386. The van der Waals surface area contributed by atoms with Gasteiger partial charge < -0.3 is 14.8 Å². The summed E-state index contributed by atoms with van der Waals surface area (Å²) in [7, 11) is 0. The molecule has 1 fully saturated rings. The van der Waals surface area contributed by atoms with Gasteiger partial charge in [-0.05, 0) is 25.8 Å². The zero-order chi connectivity index (χ0) is 15.7. The van der Waals surface area contributed by atoms with Gasteiger partial charge in [0.15, 0.2) is 0 Å². The van der Waals surface area contributed by atoms with Crippen molar-refractivity contribution in [2.75, 3.05) is 0 Å². The van der Waals surface area contributed by atoms with Gasteiger partial charge in [-0.1, -0.05) is 24.6 Å². The van der Waals surface area contributed by atoms with Crippen molar-refractivity contribution in [1.82, 2.24) is 5.32 Å². The van der Waals surface area contributed by atoms with Crippen LogP contribution in [0.4, 0.5) is 0 Å². The van der Waals surface area contributed by atoms with Gasteiger partial charge in [0.25, 0.3) is 0 Å². The summed E-state index contributed by atoms with van der Waals surface area (Å²) in [6.07, 6.45) is 2.09. The number of furan rings is 1. The molecule has 22 heavy (non-hydrogen) atoms. The molecule has 0 aliphatic heterocycles. The Morgan fingerprint density at radius 2 is 2.05 bits per heavy atom. The van der Waals surface area contributed by atoms with Crippen LogP contribution in [0.5, 0.6) is 0 Å². The van der Waals surface area contributed by atoms with Crippen molar-refractivity contribution in [1.29, 1.82) is 0 Å². The molecule has 0 bridgehead atoms. The lowest BCUT2D eigenvalue weighted by Gasteiger charge is -2.36. The Labute approximate surface area is 128 Å².